The summed E-state index contributed by atoms with van der Waals surface area (Å²) in [5.74, 6) is 0.935. The molecule has 0 amide bonds. The van der Waals surface area contributed by atoms with Crippen molar-refractivity contribution in [3.63, 3.8) is 0 Å². The number of piperidine rings is 1. The Morgan fingerprint density at radius 1 is 1.19 bits per heavy atom. The molecule has 1 aliphatic rings. The van der Waals surface area contributed by atoms with Crippen LogP contribution in [0.25, 0.3) is 10.9 Å². The lowest BCUT2D eigenvalue weighted by Gasteiger charge is -2.33. The second-order valence-corrected chi connectivity index (χ2v) is 8.09. The molecule has 0 atom stereocenters. The highest BCUT2D eigenvalue weighted by Crippen LogP contribution is 2.28. The number of nitrogens with zero attached hydrogens (tertiary/aromatic N) is 2. The molecule has 2 heterocycles. The minimum absolute atomic E-state index is 0.0650. The number of nitrogens with one attached hydrogen (secondary N) is 1. The van der Waals surface area contributed by atoms with Crippen molar-refractivity contribution in [1.82, 2.24) is 9.88 Å². The molecule has 0 radical (unpaired) electrons. The second-order valence-electron chi connectivity index (χ2n) is 8.09. The lowest BCUT2D eigenvalue weighted by atomic mass is 10.0. The number of hydrogen-bond donors (Lipinski definition) is 2. The molecule has 6 nitrogen and oxygen atoms in total. The van der Waals surface area contributed by atoms with Crippen LogP contribution in [-0.2, 0) is 17.8 Å². The molecule has 1 saturated heterocycles. The predicted molar refractivity (Wildman–Crippen MR) is 122 cm³/mol. The van der Waals surface area contributed by atoms with Crippen LogP contribution in [0.15, 0.2) is 54.7 Å². The number of Topliss-reactive ketones (excluding diaryl/α,β-unsaturated/α-hetero) is 1. The van der Waals surface area contributed by atoms with E-state index in [1.165, 1.54) is 0 Å². The van der Waals surface area contributed by atoms with Gasteiger partial charge in [-0.05, 0) is 48.7 Å². The van der Waals surface area contributed by atoms with E-state index in [4.69, 9.17) is 4.74 Å². The molecule has 6 heteroatoms. The lowest BCUT2D eigenvalue weighted by Crippen LogP contribution is -2.41. The van der Waals surface area contributed by atoms with E-state index in [0.29, 0.717) is 24.8 Å². The molecule has 0 bridgehead atoms. The Balaban J connectivity index is 1.28. The fraction of sp³-hybridized carbons (Fsp3) is 0.360. The van der Waals surface area contributed by atoms with Gasteiger partial charge < -0.3 is 15.2 Å². The second kappa shape index (κ2) is 9.90. The highest BCUT2D eigenvalue weighted by Gasteiger charge is 2.22. The number of carbonyl (C=O) groups is 1. The molecular weight excluding hydrogens is 390 g/mol. The molecule has 0 aliphatic carbocycles. The van der Waals surface area contributed by atoms with E-state index in [1.807, 2.05) is 42.5 Å². The number of likely N-dealkylation sites (tertiary alicyclic amines) is 1. The number of rotatable bonds is 8. The Morgan fingerprint density at radius 3 is 2.81 bits per heavy atom. The van der Waals surface area contributed by atoms with Gasteiger partial charge in [0.15, 0.2) is 5.78 Å². The smallest absolute Gasteiger partial charge is 0.151 e. The Kier molecular flexibility index (Phi) is 6.79. The van der Waals surface area contributed by atoms with Gasteiger partial charge in [-0.2, -0.15) is 0 Å². The maximum Gasteiger partial charge on any atom is 0.151 e. The number of fused-ring (bicyclic) bond motifs is 1. The van der Waals surface area contributed by atoms with Crippen molar-refractivity contribution < 1.29 is 14.6 Å². The largest absolute Gasteiger partial charge is 0.496 e. The zero-order chi connectivity index (χ0) is 21.6. The van der Waals surface area contributed by atoms with Crippen LogP contribution >= 0.6 is 0 Å². The van der Waals surface area contributed by atoms with Crippen LogP contribution in [0, 0.1) is 0 Å². The number of benzene rings is 2. The zero-order valence-electron chi connectivity index (χ0n) is 17.9. The average Bonchev–Trinajstić information content (AvgIpc) is 2.80. The third-order valence-corrected chi connectivity index (χ3v) is 5.93. The van der Waals surface area contributed by atoms with Crippen molar-refractivity contribution >= 4 is 22.4 Å². The summed E-state index contributed by atoms with van der Waals surface area (Å²) < 4.78 is 5.35. The Hall–Kier alpha value is -2.96. The Bertz CT molecular complexity index is 1050. The van der Waals surface area contributed by atoms with E-state index >= 15 is 0 Å². The van der Waals surface area contributed by atoms with E-state index in [9.17, 15) is 9.90 Å². The molecule has 162 valence electrons. The number of pyridine rings is 1. The summed E-state index contributed by atoms with van der Waals surface area (Å²) in [7, 11) is 1.61. The number of ether oxygens (including phenoxy) is 1. The fourth-order valence-corrected chi connectivity index (χ4v) is 4.28. The van der Waals surface area contributed by atoms with Crippen LogP contribution in [0.2, 0.25) is 0 Å². The normalized spacial score (nSPS) is 15.2. The van der Waals surface area contributed by atoms with Gasteiger partial charge in [0.25, 0.3) is 0 Å². The number of methoxy groups -OCH3 is 1. The fourth-order valence-electron chi connectivity index (χ4n) is 4.28. The van der Waals surface area contributed by atoms with E-state index < -0.39 is 0 Å². The van der Waals surface area contributed by atoms with Crippen LogP contribution in [0.3, 0.4) is 0 Å². The molecule has 0 unspecified atom stereocenters. The first-order valence-corrected chi connectivity index (χ1v) is 10.8. The summed E-state index contributed by atoms with van der Waals surface area (Å²) in [5.41, 5.74) is 3.70. The van der Waals surface area contributed by atoms with Crippen LogP contribution < -0.4 is 10.1 Å². The van der Waals surface area contributed by atoms with Crippen LogP contribution in [0.4, 0.5) is 5.69 Å². The molecule has 1 aromatic heterocycles. The molecule has 1 fully saturated rings. The van der Waals surface area contributed by atoms with Gasteiger partial charge in [-0.1, -0.05) is 18.2 Å². The summed E-state index contributed by atoms with van der Waals surface area (Å²) in [6.07, 6.45) is 4.14. The van der Waals surface area contributed by atoms with Gasteiger partial charge in [-0.15, -0.1) is 0 Å². The van der Waals surface area contributed by atoms with E-state index in [0.717, 1.165) is 53.6 Å². The molecule has 31 heavy (non-hydrogen) atoms. The summed E-state index contributed by atoms with van der Waals surface area (Å²) in [4.78, 5) is 19.2. The number of anilines is 1. The van der Waals surface area contributed by atoms with E-state index in [1.54, 1.807) is 13.3 Å². The third kappa shape index (κ3) is 5.21. The topological polar surface area (TPSA) is 74.7 Å². The first-order chi connectivity index (χ1) is 15.2. The predicted octanol–water partition coefficient (Wildman–Crippen LogP) is 3.42. The number of carbonyl (C=O) groups excluding carboxylic acids is 1. The lowest BCUT2D eigenvalue weighted by molar-refractivity contribution is -0.119. The third-order valence-electron chi connectivity index (χ3n) is 5.93. The van der Waals surface area contributed by atoms with E-state index in [2.05, 4.69) is 21.3 Å². The van der Waals surface area contributed by atoms with Gasteiger partial charge in [0.2, 0.25) is 0 Å². The standard InChI is InChI=1S/C25H29N3O3/c1-31-25-6-2-5-24(22(25)17-29)27-20-9-12-28(13-10-20)16-21(30)15-18-7-8-23-19(14-18)4-3-11-26-23/h2-8,11,14,20,27,29H,9-10,12-13,15-17H2,1H3. The van der Waals surface area contributed by atoms with Gasteiger partial charge in [-0.25, -0.2) is 0 Å². The minimum Gasteiger partial charge on any atom is -0.496 e. The highest BCUT2D eigenvalue weighted by molar-refractivity contribution is 5.85. The van der Waals surface area contributed by atoms with Crippen molar-refractivity contribution in [2.24, 2.45) is 0 Å². The maximum absolute atomic E-state index is 12.6. The molecule has 2 aromatic carbocycles. The molecule has 0 spiro atoms. The van der Waals surface area contributed by atoms with Crippen molar-refractivity contribution in [3.8, 4) is 5.75 Å². The molecule has 0 saturated carbocycles. The number of ketones is 1. The number of aliphatic hydroxyl groups is 1. The molecule has 2 N–H and O–H groups in total. The van der Waals surface area contributed by atoms with Gasteiger partial charge in [0.1, 0.15) is 5.75 Å². The van der Waals surface area contributed by atoms with Crippen LogP contribution in [-0.4, -0.2) is 53.6 Å². The van der Waals surface area contributed by atoms with Gasteiger partial charge in [-0.3, -0.25) is 14.7 Å². The van der Waals surface area contributed by atoms with Crippen molar-refractivity contribution in [2.45, 2.75) is 31.9 Å². The maximum atomic E-state index is 12.6. The first kappa shape index (κ1) is 21.3. The summed E-state index contributed by atoms with van der Waals surface area (Å²) in [6.45, 7) is 2.18. The SMILES string of the molecule is COc1cccc(NC2CCN(CC(=O)Cc3ccc4ncccc4c3)CC2)c1CO. The Morgan fingerprint density at radius 2 is 2.03 bits per heavy atom. The molecule has 1 aliphatic heterocycles. The quantitative estimate of drug-likeness (QED) is 0.583. The van der Waals surface area contributed by atoms with Gasteiger partial charge in [0.05, 0.1) is 25.8 Å². The molecule has 3 aromatic rings. The molecule has 4 rings (SSSR count). The van der Waals surface area contributed by atoms with E-state index in [-0.39, 0.29) is 12.4 Å². The van der Waals surface area contributed by atoms with Crippen molar-refractivity contribution in [1.29, 1.82) is 0 Å². The van der Waals surface area contributed by atoms with Crippen LogP contribution in [0.5, 0.6) is 5.75 Å². The van der Waals surface area contributed by atoms with Crippen molar-refractivity contribution in [3.05, 3.63) is 65.9 Å². The van der Waals surface area contributed by atoms with Gasteiger partial charge >= 0.3 is 0 Å². The number of aromatic nitrogens is 1. The number of hydrogen-bond acceptors (Lipinski definition) is 6. The first-order valence-electron chi connectivity index (χ1n) is 10.8. The molecular formula is C25H29N3O3. The average molecular weight is 420 g/mol. The monoisotopic (exact) mass is 419 g/mol. The van der Waals surface area contributed by atoms with Gasteiger partial charge in [0, 0.05) is 48.4 Å². The summed E-state index contributed by atoms with van der Waals surface area (Å²) in [6, 6.07) is 16.1. The zero-order valence-corrected chi connectivity index (χ0v) is 17.9. The Labute approximate surface area is 182 Å². The van der Waals surface area contributed by atoms with Crippen molar-refractivity contribution in [2.75, 3.05) is 32.1 Å². The summed E-state index contributed by atoms with van der Waals surface area (Å²) in [5, 5.41) is 14.3. The van der Waals surface area contributed by atoms with Crippen LogP contribution in [0.1, 0.15) is 24.0 Å². The minimum atomic E-state index is -0.0650. The number of aliphatic hydroxyl groups excluding tert-OH is 1. The highest BCUT2D eigenvalue weighted by atomic mass is 16.5. The summed E-state index contributed by atoms with van der Waals surface area (Å²) >= 11 is 0.